The summed E-state index contributed by atoms with van der Waals surface area (Å²) in [5.41, 5.74) is 2.56. The van der Waals surface area contributed by atoms with Gasteiger partial charge in [-0.25, -0.2) is 9.59 Å². The van der Waals surface area contributed by atoms with E-state index in [0.717, 1.165) is 16.7 Å². The number of hydrogen-bond acceptors (Lipinski definition) is 7. The molecule has 2 unspecified atom stereocenters. The van der Waals surface area contributed by atoms with Gasteiger partial charge in [0, 0.05) is 18.1 Å². The van der Waals surface area contributed by atoms with Crippen LogP contribution in [0.25, 0.3) is 6.08 Å². The standard InChI is InChI=1S/C32H31N3O5S/c1-32(2,3)40-31(38)34-25-28(36)35-26(24(20-41-29(25)35)17-16-21-11-10-18-33-19-21)30(37)39-27(22-12-6-4-7-13-22)23-14-8-5-9-15-23/h4-19,25,27,29H,20H2,1-3H3,(H,34,38)/b17-16+. The van der Waals surface area contributed by atoms with Gasteiger partial charge in [0.25, 0.3) is 5.91 Å². The summed E-state index contributed by atoms with van der Waals surface area (Å²) < 4.78 is 11.5. The Kier molecular flexibility index (Phi) is 8.26. The number of β-lactam (4-membered cyclic amide) rings is 1. The van der Waals surface area contributed by atoms with Crippen LogP contribution in [0, 0.1) is 0 Å². The highest BCUT2D eigenvalue weighted by Crippen LogP contribution is 2.42. The number of benzene rings is 2. The Morgan fingerprint density at radius 3 is 2.24 bits per heavy atom. The number of fused-ring (bicyclic) bond motifs is 1. The third-order valence-corrected chi connectivity index (χ3v) is 7.76. The molecule has 1 N–H and O–H groups in total. The van der Waals surface area contributed by atoms with Crippen LogP contribution in [0.1, 0.15) is 43.6 Å². The van der Waals surface area contributed by atoms with Crippen molar-refractivity contribution in [2.24, 2.45) is 0 Å². The van der Waals surface area contributed by atoms with Crippen molar-refractivity contribution in [2.75, 3.05) is 5.75 Å². The van der Waals surface area contributed by atoms with E-state index in [1.807, 2.05) is 84.9 Å². The maximum absolute atomic E-state index is 14.0. The Hall–Kier alpha value is -4.37. The van der Waals surface area contributed by atoms with Gasteiger partial charge in [-0.3, -0.25) is 14.7 Å². The second-order valence-electron chi connectivity index (χ2n) is 10.6. The number of esters is 1. The molecule has 9 heteroatoms. The molecule has 3 aromatic rings. The first-order valence-corrected chi connectivity index (χ1v) is 14.3. The number of thioether (sulfide) groups is 1. The minimum absolute atomic E-state index is 0.165. The van der Waals surface area contributed by atoms with Crippen LogP contribution in [0.3, 0.4) is 0 Å². The smallest absolute Gasteiger partial charge is 0.408 e. The number of carbonyl (C=O) groups is 3. The van der Waals surface area contributed by atoms with E-state index in [1.165, 1.54) is 16.7 Å². The second-order valence-corrected chi connectivity index (χ2v) is 11.7. The van der Waals surface area contributed by atoms with Gasteiger partial charge in [0.15, 0.2) is 6.10 Å². The molecule has 1 fully saturated rings. The number of nitrogens with zero attached hydrogens (tertiary/aromatic N) is 2. The van der Waals surface area contributed by atoms with Gasteiger partial charge in [-0.2, -0.15) is 0 Å². The van der Waals surface area contributed by atoms with E-state index in [0.29, 0.717) is 11.3 Å². The average molecular weight is 570 g/mol. The summed E-state index contributed by atoms with van der Waals surface area (Å²) >= 11 is 1.46. The number of hydrogen-bond donors (Lipinski definition) is 1. The zero-order valence-corrected chi connectivity index (χ0v) is 23.8. The fraction of sp³-hybridized carbons (Fsp3) is 0.250. The van der Waals surface area contributed by atoms with Gasteiger partial charge in [0.2, 0.25) is 0 Å². The normalized spacial score (nSPS) is 18.6. The number of pyridine rings is 1. The SMILES string of the molecule is CC(C)(C)OC(=O)NC1C(=O)N2C(C(=O)OC(c3ccccc3)c3ccccc3)=C(/C=C/c3cccnc3)CSC12. The fourth-order valence-corrected chi connectivity index (χ4v) is 5.93. The Labute approximate surface area is 243 Å². The molecule has 8 nitrogen and oxygen atoms in total. The predicted molar refractivity (Wildman–Crippen MR) is 157 cm³/mol. The second kappa shape index (κ2) is 12.0. The molecule has 0 aliphatic carbocycles. The van der Waals surface area contributed by atoms with Crippen molar-refractivity contribution in [2.45, 2.75) is 43.9 Å². The Morgan fingerprint density at radius 2 is 1.66 bits per heavy atom. The van der Waals surface area contributed by atoms with Crippen molar-refractivity contribution >= 4 is 35.8 Å². The monoisotopic (exact) mass is 569 g/mol. The molecule has 3 heterocycles. The van der Waals surface area contributed by atoms with Gasteiger partial charge in [0.05, 0.1) is 0 Å². The minimum atomic E-state index is -0.819. The maximum Gasteiger partial charge on any atom is 0.408 e. The van der Waals surface area contributed by atoms with Gasteiger partial charge >= 0.3 is 12.1 Å². The maximum atomic E-state index is 14.0. The van der Waals surface area contributed by atoms with Crippen LogP contribution in [0.2, 0.25) is 0 Å². The van der Waals surface area contributed by atoms with Gasteiger partial charge in [0.1, 0.15) is 22.7 Å². The van der Waals surface area contributed by atoms with Crippen molar-refractivity contribution in [3.63, 3.8) is 0 Å². The van der Waals surface area contributed by atoms with E-state index in [2.05, 4.69) is 10.3 Å². The minimum Gasteiger partial charge on any atom is -0.448 e. The lowest BCUT2D eigenvalue weighted by Gasteiger charge is -2.49. The summed E-state index contributed by atoms with van der Waals surface area (Å²) in [4.78, 5) is 45.4. The lowest BCUT2D eigenvalue weighted by molar-refractivity contribution is -0.153. The van der Waals surface area contributed by atoms with Crippen LogP contribution >= 0.6 is 11.8 Å². The van der Waals surface area contributed by atoms with Crippen LogP contribution in [0.4, 0.5) is 4.79 Å². The van der Waals surface area contributed by atoms with E-state index in [-0.39, 0.29) is 5.70 Å². The van der Waals surface area contributed by atoms with E-state index in [9.17, 15) is 14.4 Å². The fourth-order valence-electron chi connectivity index (χ4n) is 4.61. The van der Waals surface area contributed by atoms with Crippen molar-refractivity contribution < 1.29 is 23.9 Å². The zero-order chi connectivity index (χ0) is 29.0. The summed E-state index contributed by atoms with van der Waals surface area (Å²) in [5.74, 6) is -0.588. The first kappa shape index (κ1) is 28.2. The van der Waals surface area contributed by atoms with Gasteiger partial charge in [-0.1, -0.05) is 78.9 Å². The summed E-state index contributed by atoms with van der Waals surface area (Å²) in [6, 6.07) is 21.9. The number of allylic oxidation sites excluding steroid dienone is 1. The number of nitrogens with one attached hydrogen (secondary N) is 1. The van der Waals surface area contributed by atoms with Crippen LogP contribution in [0.5, 0.6) is 0 Å². The number of rotatable bonds is 7. The Balaban J connectivity index is 1.47. The molecule has 1 saturated heterocycles. The quantitative estimate of drug-likeness (QED) is 0.297. The molecule has 210 valence electrons. The number of amides is 2. The molecule has 2 aliphatic rings. The molecule has 0 radical (unpaired) electrons. The first-order valence-electron chi connectivity index (χ1n) is 13.3. The van der Waals surface area contributed by atoms with E-state index in [4.69, 9.17) is 9.47 Å². The zero-order valence-electron chi connectivity index (χ0n) is 23.0. The molecule has 0 spiro atoms. The lowest BCUT2D eigenvalue weighted by atomic mass is 10.0. The first-order chi connectivity index (χ1) is 19.7. The Bertz CT molecular complexity index is 1430. The molecule has 2 aliphatic heterocycles. The number of ether oxygens (including phenoxy) is 2. The summed E-state index contributed by atoms with van der Waals surface area (Å²) in [6.07, 6.45) is 5.71. The molecule has 41 heavy (non-hydrogen) atoms. The lowest BCUT2D eigenvalue weighted by Crippen LogP contribution is -2.70. The van der Waals surface area contributed by atoms with E-state index < -0.39 is 41.1 Å². The molecular formula is C32H31N3O5S. The molecule has 2 amide bonds. The van der Waals surface area contributed by atoms with Gasteiger partial charge in [-0.05, 0) is 49.1 Å². The molecule has 1 aromatic heterocycles. The number of aromatic nitrogens is 1. The van der Waals surface area contributed by atoms with E-state index in [1.54, 1.807) is 33.2 Å². The average Bonchev–Trinajstić information content (AvgIpc) is 2.97. The number of alkyl carbamates (subject to hydrolysis) is 1. The summed E-state index contributed by atoms with van der Waals surface area (Å²) in [5, 5.41) is 2.20. The highest BCUT2D eigenvalue weighted by molar-refractivity contribution is 8.00. The molecule has 0 bridgehead atoms. The largest absolute Gasteiger partial charge is 0.448 e. The van der Waals surface area contributed by atoms with Crippen LogP contribution in [0.15, 0.2) is 103 Å². The third-order valence-electron chi connectivity index (χ3n) is 6.45. The topological polar surface area (TPSA) is 97.8 Å². The highest BCUT2D eigenvalue weighted by Gasteiger charge is 2.54. The van der Waals surface area contributed by atoms with Crippen molar-refractivity contribution in [3.05, 3.63) is 119 Å². The molecular weight excluding hydrogens is 538 g/mol. The predicted octanol–water partition coefficient (Wildman–Crippen LogP) is 5.49. The van der Waals surface area contributed by atoms with Gasteiger partial charge < -0.3 is 14.8 Å². The van der Waals surface area contributed by atoms with Crippen LogP contribution < -0.4 is 5.32 Å². The molecule has 2 aromatic carbocycles. The third kappa shape index (κ3) is 6.52. The van der Waals surface area contributed by atoms with Crippen LogP contribution in [-0.2, 0) is 19.1 Å². The van der Waals surface area contributed by atoms with Crippen molar-refractivity contribution in [1.82, 2.24) is 15.2 Å². The number of carbonyl (C=O) groups excluding carboxylic acids is 3. The van der Waals surface area contributed by atoms with Crippen molar-refractivity contribution in [3.8, 4) is 0 Å². The van der Waals surface area contributed by atoms with Gasteiger partial charge in [-0.15, -0.1) is 11.8 Å². The van der Waals surface area contributed by atoms with E-state index >= 15 is 0 Å². The molecule has 0 saturated carbocycles. The van der Waals surface area contributed by atoms with Crippen LogP contribution in [-0.4, -0.2) is 50.6 Å². The molecule has 5 rings (SSSR count). The molecule has 2 atom stereocenters. The van der Waals surface area contributed by atoms with Crippen molar-refractivity contribution in [1.29, 1.82) is 0 Å². The summed E-state index contributed by atoms with van der Waals surface area (Å²) in [7, 11) is 0. The Morgan fingerprint density at radius 1 is 1.00 bits per heavy atom. The summed E-state index contributed by atoms with van der Waals surface area (Å²) in [6.45, 7) is 5.26. The highest BCUT2D eigenvalue weighted by atomic mass is 32.2.